The molecule has 0 fully saturated rings. The van der Waals surface area contributed by atoms with Gasteiger partial charge in [-0.15, -0.1) is 11.3 Å². The summed E-state index contributed by atoms with van der Waals surface area (Å²) >= 11 is 4.99. The van der Waals surface area contributed by atoms with Crippen LogP contribution in [0, 0.1) is 0 Å². The molecule has 6 heteroatoms. The Bertz CT molecular complexity index is 669. The number of hydrogen-bond acceptors (Lipinski definition) is 3. The Morgan fingerprint density at radius 2 is 2.10 bits per heavy atom. The van der Waals surface area contributed by atoms with Gasteiger partial charge >= 0.3 is 6.03 Å². The van der Waals surface area contributed by atoms with Crippen LogP contribution in [0.5, 0.6) is 0 Å². The molecule has 0 spiro atoms. The van der Waals surface area contributed by atoms with E-state index >= 15 is 0 Å². The molecule has 1 heterocycles. The standard InChI is InChI=1S/C15H15BrN2O2S/c1-10(19)12-4-3-5-13(7-12)17-15(20)18(2)8-11-6-14(16)21-9-11/h3-7,9H,8H2,1-2H3,(H,17,20). The predicted molar refractivity (Wildman–Crippen MR) is 89.0 cm³/mol. The van der Waals surface area contributed by atoms with Gasteiger partial charge in [0.2, 0.25) is 0 Å². The fraction of sp³-hybridized carbons (Fsp3) is 0.200. The molecule has 2 aromatic rings. The number of benzene rings is 1. The van der Waals surface area contributed by atoms with E-state index in [9.17, 15) is 9.59 Å². The largest absolute Gasteiger partial charge is 0.323 e. The Balaban J connectivity index is 2.00. The molecule has 0 saturated heterocycles. The van der Waals surface area contributed by atoms with Crippen LogP contribution in [0.3, 0.4) is 0 Å². The molecule has 21 heavy (non-hydrogen) atoms. The minimum atomic E-state index is -0.210. The number of anilines is 1. The zero-order chi connectivity index (χ0) is 15.4. The Morgan fingerprint density at radius 3 is 2.71 bits per heavy atom. The first kappa shape index (κ1) is 15.7. The normalized spacial score (nSPS) is 10.2. The third-order valence-corrected chi connectivity index (χ3v) is 4.46. The van der Waals surface area contributed by atoms with Crippen molar-refractivity contribution in [3.05, 3.63) is 50.6 Å². The highest BCUT2D eigenvalue weighted by Crippen LogP contribution is 2.21. The third-order valence-electron chi connectivity index (χ3n) is 2.91. The van der Waals surface area contributed by atoms with Crippen molar-refractivity contribution in [3.8, 4) is 0 Å². The highest BCUT2D eigenvalue weighted by molar-refractivity contribution is 9.11. The summed E-state index contributed by atoms with van der Waals surface area (Å²) in [6.45, 7) is 2.03. The minimum absolute atomic E-state index is 0.0254. The maximum Gasteiger partial charge on any atom is 0.321 e. The fourth-order valence-corrected chi connectivity index (χ4v) is 3.01. The zero-order valence-electron chi connectivity index (χ0n) is 11.7. The highest BCUT2D eigenvalue weighted by atomic mass is 79.9. The van der Waals surface area contributed by atoms with Gasteiger partial charge in [0, 0.05) is 24.8 Å². The number of carbonyl (C=O) groups excluding carboxylic acids is 2. The average Bonchev–Trinajstić information content (AvgIpc) is 2.84. The first-order chi connectivity index (χ1) is 9.95. The van der Waals surface area contributed by atoms with Crippen LogP contribution in [0.15, 0.2) is 39.5 Å². The van der Waals surface area contributed by atoms with E-state index in [1.54, 1.807) is 47.5 Å². The van der Waals surface area contributed by atoms with Crippen LogP contribution in [0.4, 0.5) is 10.5 Å². The molecule has 1 aromatic heterocycles. The number of nitrogens with one attached hydrogen (secondary N) is 1. The molecule has 2 rings (SSSR count). The van der Waals surface area contributed by atoms with Crippen molar-refractivity contribution in [3.63, 3.8) is 0 Å². The van der Waals surface area contributed by atoms with Gasteiger partial charge in [-0.3, -0.25) is 4.79 Å². The summed E-state index contributed by atoms with van der Waals surface area (Å²) in [6.07, 6.45) is 0. The van der Waals surface area contributed by atoms with Gasteiger partial charge in [-0.2, -0.15) is 0 Å². The van der Waals surface area contributed by atoms with Crippen LogP contribution in [0.1, 0.15) is 22.8 Å². The number of urea groups is 1. The van der Waals surface area contributed by atoms with Crippen LogP contribution in [-0.2, 0) is 6.54 Å². The van der Waals surface area contributed by atoms with Gasteiger partial charge in [-0.25, -0.2) is 4.79 Å². The van der Waals surface area contributed by atoms with Crippen molar-refractivity contribution in [1.29, 1.82) is 0 Å². The number of Topliss-reactive ketones (excluding diaryl/α,β-unsaturated/α-hetero) is 1. The van der Waals surface area contributed by atoms with Crippen molar-refractivity contribution in [1.82, 2.24) is 4.90 Å². The van der Waals surface area contributed by atoms with Crippen molar-refractivity contribution in [2.45, 2.75) is 13.5 Å². The van der Waals surface area contributed by atoms with Crippen LogP contribution < -0.4 is 5.32 Å². The highest BCUT2D eigenvalue weighted by Gasteiger charge is 2.11. The quantitative estimate of drug-likeness (QED) is 0.816. The lowest BCUT2D eigenvalue weighted by Crippen LogP contribution is -2.30. The maximum absolute atomic E-state index is 12.1. The van der Waals surface area contributed by atoms with E-state index in [0.29, 0.717) is 17.8 Å². The molecule has 4 nitrogen and oxygen atoms in total. The third kappa shape index (κ3) is 4.41. The topological polar surface area (TPSA) is 49.4 Å². The second-order valence-corrected chi connectivity index (χ2v) is 6.97. The number of thiophene rings is 1. The second-order valence-electron chi connectivity index (χ2n) is 4.68. The van der Waals surface area contributed by atoms with Gasteiger partial charge in [0.15, 0.2) is 5.78 Å². The fourth-order valence-electron chi connectivity index (χ4n) is 1.81. The lowest BCUT2D eigenvalue weighted by Gasteiger charge is -2.17. The van der Waals surface area contributed by atoms with E-state index in [-0.39, 0.29) is 11.8 Å². The van der Waals surface area contributed by atoms with Crippen molar-refractivity contribution >= 4 is 44.8 Å². The second kappa shape index (κ2) is 6.87. The molecular weight excluding hydrogens is 352 g/mol. The Labute approximate surface area is 135 Å². The number of rotatable bonds is 4. The molecular formula is C15H15BrN2O2S. The van der Waals surface area contributed by atoms with Crippen molar-refractivity contribution in [2.75, 3.05) is 12.4 Å². The predicted octanol–water partition coefficient (Wildman–Crippen LogP) is 4.38. The molecule has 2 amide bonds. The summed E-state index contributed by atoms with van der Waals surface area (Å²) in [5.41, 5.74) is 2.27. The summed E-state index contributed by atoms with van der Waals surface area (Å²) in [6, 6.07) is 8.70. The maximum atomic E-state index is 12.1. The molecule has 0 aliphatic rings. The zero-order valence-corrected chi connectivity index (χ0v) is 14.1. The van der Waals surface area contributed by atoms with Gasteiger partial charge < -0.3 is 10.2 Å². The number of ketones is 1. The molecule has 0 atom stereocenters. The van der Waals surface area contributed by atoms with E-state index in [1.807, 2.05) is 11.4 Å². The van der Waals surface area contributed by atoms with Crippen LogP contribution >= 0.6 is 27.3 Å². The molecule has 0 bridgehead atoms. The number of nitrogens with zero attached hydrogens (tertiary/aromatic N) is 1. The van der Waals surface area contributed by atoms with E-state index in [1.165, 1.54) is 6.92 Å². The van der Waals surface area contributed by atoms with E-state index in [0.717, 1.165) is 9.35 Å². The summed E-state index contributed by atoms with van der Waals surface area (Å²) in [4.78, 5) is 25.1. The molecule has 0 unspecified atom stereocenters. The van der Waals surface area contributed by atoms with Gasteiger partial charge in [-0.05, 0) is 52.0 Å². The van der Waals surface area contributed by atoms with Crippen LogP contribution in [-0.4, -0.2) is 23.8 Å². The summed E-state index contributed by atoms with van der Waals surface area (Å²) < 4.78 is 1.04. The molecule has 110 valence electrons. The number of carbonyl (C=O) groups is 2. The first-order valence-corrected chi connectivity index (χ1v) is 7.99. The lowest BCUT2D eigenvalue weighted by molar-refractivity contribution is 0.101. The number of hydrogen-bond donors (Lipinski definition) is 1. The SMILES string of the molecule is CC(=O)c1cccc(NC(=O)N(C)Cc2csc(Br)c2)c1. The number of amides is 2. The van der Waals surface area contributed by atoms with Gasteiger partial charge in [0.1, 0.15) is 0 Å². The Morgan fingerprint density at radius 1 is 1.33 bits per heavy atom. The monoisotopic (exact) mass is 366 g/mol. The van der Waals surface area contributed by atoms with E-state index < -0.39 is 0 Å². The molecule has 1 N–H and O–H groups in total. The molecule has 0 radical (unpaired) electrons. The number of halogens is 1. The van der Waals surface area contributed by atoms with Crippen molar-refractivity contribution < 1.29 is 9.59 Å². The van der Waals surface area contributed by atoms with E-state index in [4.69, 9.17) is 0 Å². The molecule has 0 saturated carbocycles. The van der Waals surface area contributed by atoms with Gasteiger partial charge in [0.25, 0.3) is 0 Å². The molecule has 0 aliphatic carbocycles. The molecule has 0 aliphatic heterocycles. The summed E-state index contributed by atoms with van der Waals surface area (Å²) in [5, 5.41) is 4.79. The van der Waals surface area contributed by atoms with Gasteiger partial charge in [0.05, 0.1) is 3.79 Å². The lowest BCUT2D eigenvalue weighted by atomic mass is 10.1. The average molecular weight is 367 g/mol. The van der Waals surface area contributed by atoms with E-state index in [2.05, 4.69) is 21.2 Å². The summed E-state index contributed by atoms with van der Waals surface area (Å²) in [5.74, 6) is -0.0254. The van der Waals surface area contributed by atoms with Crippen molar-refractivity contribution in [2.24, 2.45) is 0 Å². The smallest absolute Gasteiger partial charge is 0.321 e. The molecule has 1 aromatic carbocycles. The summed E-state index contributed by atoms with van der Waals surface area (Å²) in [7, 11) is 1.73. The van der Waals surface area contributed by atoms with Crippen LogP contribution in [0.2, 0.25) is 0 Å². The minimum Gasteiger partial charge on any atom is -0.323 e. The Kier molecular flexibility index (Phi) is 5.14. The Hall–Kier alpha value is -1.66. The van der Waals surface area contributed by atoms with Gasteiger partial charge in [-0.1, -0.05) is 12.1 Å². The van der Waals surface area contributed by atoms with Crippen LogP contribution in [0.25, 0.3) is 0 Å². The first-order valence-electron chi connectivity index (χ1n) is 6.32.